The zero-order valence-corrected chi connectivity index (χ0v) is 10.2. The number of likely N-dealkylation sites (tertiary alicyclic amines) is 1. The van der Waals surface area contributed by atoms with Gasteiger partial charge in [0.15, 0.2) is 11.6 Å². The maximum Gasteiger partial charge on any atom is 0.167 e. The Morgan fingerprint density at radius 2 is 2.12 bits per heavy atom. The second kappa shape index (κ2) is 5.36. The van der Waals surface area contributed by atoms with Crippen LogP contribution in [0.3, 0.4) is 0 Å². The molecule has 2 rings (SSSR count). The third-order valence-corrected chi connectivity index (χ3v) is 3.27. The standard InChI is InChI=1S/C13H19FN2O/c1-16-6-4-10(5-7-16)9-17-13-3-2-11(15)8-12(13)14/h2-3,8,10H,4-7,9,15H2,1H3. The normalized spacial score (nSPS) is 18.2. The van der Waals surface area contributed by atoms with Gasteiger partial charge in [-0.25, -0.2) is 4.39 Å². The number of benzene rings is 1. The Labute approximate surface area is 101 Å². The average molecular weight is 238 g/mol. The van der Waals surface area contributed by atoms with Crippen LogP contribution in [-0.2, 0) is 0 Å². The number of hydrogen-bond acceptors (Lipinski definition) is 3. The van der Waals surface area contributed by atoms with Crippen LogP contribution in [0, 0.1) is 11.7 Å². The highest BCUT2D eigenvalue weighted by molar-refractivity contribution is 5.42. The molecule has 94 valence electrons. The number of nitrogen functional groups attached to an aromatic ring is 1. The number of ether oxygens (including phenoxy) is 1. The Balaban J connectivity index is 1.85. The van der Waals surface area contributed by atoms with E-state index in [2.05, 4.69) is 11.9 Å². The number of piperidine rings is 1. The Kier molecular flexibility index (Phi) is 3.84. The highest BCUT2D eigenvalue weighted by Gasteiger charge is 2.17. The average Bonchev–Trinajstić information content (AvgIpc) is 2.30. The Bertz CT molecular complexity index is 376. The molecule has 0 atom stereocenters. The van der Waals surface area contributed by atoms with E-state index in [9.17, 15) is 4.39 Å². The minimum atomic E-state index is -0.377. The summed E-state index contributed by atoms with van der Waals surface area (Å²) >= 11 is 0. The van der Waals surface area contributed by atoms with Crippen LogP contribution in [0.1, 0.15) is 12.8 Å². The maximum absolute atomic E-state index is 13.5. The molecule has 0 unspecified atom stereocenters. The lowest BCUT2D eigenvalue weighted by atomic mass is 9.98. The fourth-order valence-corrected chi connectivity index (χ4v) is 2.07. The van der Waals surface area contributed by atoms with Gasteiger partial charge in [0, 0.05) is 11.8 Å². The van der Waals surface area contributed by atoms with E-state index in [0.717, 1.165) is 25.9 Å². The van der Waals surface area contributed by atoms with E-state index in [1.807, 2.05) is 0 Å². The van der Waals surface area contributed by atoms with Crippen LogP contribution >= 0.6 is 0 Å². The molecule has 0 saturated carbocycles. The van der Waals surface area contributed by atoms with Crippen molar-refractivity contribution in [2.45, 2.75) is 12.8 Å². The summed E-state index contributed by atoms with van der Waals surface area (Å²) in [5.74, 6) is 0.458. The molecule has 1 saturated heterocycles. The van der Waals surface area contributed by atoms with Gasteiger partial charge in [0.2, 0.25) is 0 Å². The van der Waals surface area contributed by atoms with Crippen molar-refractivity contribution in [3.05, 3.63) is 24.0 Å². The van der Waals surface area contributed by atoms with Gasteiger partial charge in [-0.1, -0.05) is 0 Å². The maximum atomic E-state index is 13.5. The van der Waals surface area contributed by atoms with Crippen LogP contribution in [0.4, 0.5) is 10.1 Å². The number of halogens is 1. The molecule has 17 heavy (non-hydrogen) atoms. The van der Waals surface area contributed by atoms with E-state index >= 15 is 0 Å². The largest absolute Gasteiger partial charge is 0.490 e. The van der Waals surface area contributed by atoms with Gasteiger partial charge >= 0.3 is 0 Å². The van der Waals surface area contributed by atoms with Crippen LogP contribution in [0.5, 0.6) is 5.75 Å². The number of nitrogens with zero attached hydrogens (tertiary/aromatic N) is 1. The van der Waals surface area contributed by atoms with Crippen molar-refractivity contribution >= 4 is 5.69 Å². The monoisotopic (exact) mass is 238 g/mol. The third kappa shape index (κ3) is 3.33. The lowest BCUT2D eigenvalue weighted by Crippen LogP contribution is -2.32. The van der Waals surface area contributed by atoms with E-state index in [0.29, 0.717) is 24.0 Å². The second-order valence-electron chi connectivity index (χ2n) is 4.75. The van der Waals surface area contributed by atoms with Gasteiger partial charge in [-0.15, -0.1) is 0 Å². The molecule has 4 heteroatoms. The summed E-state index contributed by atoms with van der Waals surface area (Å²) in [4.78, 5) is 2.31. The summed E-state index contributed by atoms with van der Waals surface area (Å²) in [7, 11) is 2.12. The lowest BCUT2D eigenvalue weighted by molar-refractivity contribution is 0.157. The van der Waals surface area contributed by atoms with Gasteiger partial charge in [-0.3, -0.25) is 0 Å². The Hall–Kier alpha value is -1.29. The number of hydrogen-bond donors (Lipinski definition) is 1. The van der Waals surface area contributed by atoms with Gasteiger partial charge in [-0.2, -0.15) is 0 Å². The molecule has 0 radical (unpaired) electrons. The summed E-state index contributed by atoms with van der Waals surface area (Å²) in [6.07, 6.45) is 2.24. The van der Waals surface area contributed by atoms with Gasteiger partial charge < -0.3 is 15.4 Å². The van der Waals surface area contributed by atoms with Crippen LogP contribution < -0.4 is 10.5 Å². The van der Waals surface area contributed by atoms with E-state index < -0.39 is 0 Å². The first-order valence-corrected chi connectivity index (χ1v) is 6.01. The van der Waals surface area contributed by atoms with E-state index in [1.165, 1.54) is 6.07 Å². The molecule has 3 nitrogen and oxygen atoms in total. The number of anilines is 1. The summed E-state index contributed by atoms with van der Waals surface area (Å²) < 4.78 is 19.0. The smallest absolute Gasteiger partial charge is 0.167 e. The lowest BCUT2D eigenvalue weighted by Gasteiger charge is -2.28. The van der Waals surface area contributed by atoms with Gasteiger partial charge in [0.1, 0.15) is 0 Å². The van der Waals surface area contributed by atoms with Crippen molar-refractivity contribution in [1.82, 2.24) is 4.90 Å². The first-order chi connectivity index (χ1) is 8.15. The third-order valence-electron chi connectivity index (χ3n) is 3.27. The predicted molar refractivity (Wildman–Crippen MR) is 66.5 cm³/mol. The van der Waals surface area contributed by atoms with Crippen LogP contribution in [0.25, 0.3) is 0 Å². The molecule has 2 N–H and O–H groups in total. The van der Waals surface area contributed by atoms with Gasteiger partial charge in [0.25, 0.3) is 0 Å². The molecule has 0 spiro atoms. The number of rotatable bonds is 3. The highest BCUT2D eigenvalue weighted by Crippen LogP contribution is 2.22. The number of nitrogens with two attached hydrogens (primary N) is 1. The molecule has 0 bridgehead atoms. The zero-order valence-electron chi connectivity index (χ0n) is 10.2. The minimum Gasteiger partial charge on any atom is -0.490 e. The summed E-state index contributed by atoms with van der Waals surface area (Å²) in [5, 5.41) is 0. The molecule has 1 aromatic rings. The second-order valence-corrected chi connectivity index (χ2v) is 4.75. The molecular formula is C13H19FN2O. The SMILES string of the molecule is CN1CCC(COc2ccc(N)cc2F)CC1. The van der Waals surface area contributed by atoms with E-state index in [4.69, 9.17) is 10.5 Å². The fraction of sp³-hybridized carbons (Fsp3) is 0.538. The summed E-state index contributed by atoms with van der Waals surface area (Å²) in [6, 6.07) is 4.55. The summed E-state index contributed by atoms with van der Waals surface area (Å²) in [5.41, 5.74) is 5.91. The van der Waals surface area contributed by atoms with Crippen molar-refractivity contribution in [1.29, 1.82) is 0 Å². The molecule has 1 aromatic carbocycles. The molecule has 1 heterocycles. The van der Waals surface area contributed by atoms with E-state index in [-0.39, 0.29) is 5.82 Å². The van der Waals surface area contributed by atoms with Crippen molar-refractivity contribution < 1.29 is 9.13 Å². The van der Waals surface area contributed by atoms with E-state index in [1.54, 1.807) is 12.1 Å². The van der Waals surface area contributed by atoms with Crippen molar-refractivity contribution in [2.24, 2.45) is 5.92 Å². The molecule has 0 amide bonds. The van der Waals surface area contributed by atoms with Crippen molar-refractivity contribution in [3.8, 4) is 5.75 Å². The van der Waals surface area contributed by atoms with Gasteiger partial charge in [-0.05, 0) is 51.0 Å². The van der Waals surface area contributed by atoms with Crippen LogP contribution in [-0.4, -0.2) is 31.6 Å². The van der Waals surface area contributed by atoms with Crippen LogP contribution in [0.2, 0.25) is 0 Å². The molecule has 1 fully saturated rings. The first-order valence-electron chi connectivity index (χ1n) is 6.01. The quantitative estimate of drug-likeness (QED) is 0.820. The Morgan fingerprint density at radius 3 is 2.76 bits per heavy atom. The minimum absolute atomic E-state index is 0.304. The molecular weight excluding hydrogens is 219 g/mol. The first kappa shape index (κ1) is 12.2. The molecule has 1 aliphatic heterocycles. The molecule has 0 aliphatic carbocycles. The highest BCUT2D eigenvalue weighted by atomic mass is 19.1. The van der Waals surface area contributed by atoms with Crippen molar-refractivity contribution in [3.63, 3.8) is 0 Å². The van der Waals surface area contributed by atoms with Crippen molar-refractivity contribution in [2.75, 3.05) is 32.5 Å². The Morgan fingerprint density at radius 1 is 1.41 bits per heavy atom. The zero-order chi connectivity index (χ0) is 12.3. The van der Waals surface area contributed by atoms with Gasteiger partial charge in [0.05, 0.1) is 6.61 Å². The molecule has 1 aliphatic rings. The summed E-state index contributed by atoms with van der Waals surface area (Å²) in [6.45, 7) is 2.78. The fourth-order valence-electron chi connectivity index (χ4n) is 2.07. The van der Waals surface area contributed by atoms with Crippen LogP contribution in [0.15, 0.2) is 18.2 Å². The predicted octanol–water partition coefficient (Wildman–Crippen LogP) is 2.13. The topological polar surface area (TPSA) is 38.5 Å². The molecule has 0 aromatic heterocycles.